The van der Waals surface area contributed by atoms with Gasteiger partial charge >= 0.3 is 5.97 Å². The molecule has 0 saturated heterocycles. The Morgan fingerprint density at radius 1 is 1.19 bits per heavy atom. The summed E-state index contributed by atoms with van der Waals surface area (Å²) >= 11 is 0. The van der Waals surface area contributed by atoms with Crippen LogP contribution in [0.15, 0.2) is 12.2 Å². The molecule has 4 saturated carbocycles. The number of ketones is 2. The summed E-state index contributed by atoms with van der Waals surface area (Å²) in [7, 11) is 0. The second kappa shape index (κ2) is 5.53. The third-order valence-electron chi connectivity index (χ3n) is 8.69. The van der Waals surface area contributed by atoms with Gasteiger partial charge < -0.3 is 9.84 Å². The van der Waals surface area contributed by atoms with Crippen molar-refractivity contribution in [3.05, 3.63) is 12.2 Å². The summed E-state index contributed by atoms with van der Waals surface area (Å²) < 4.78 is 5.70. The highest BCUT2D eigenvalue weighted by molar-refractivity contribution is 6.05. The Morgan fingerprint density at radius 3 is 2.48 bits per heavy atom. The van der Waals surface area contributed by atoms with Crippen LogP contribution < -0.4 is 0 Å². The Balaban J connectivity index is 1.88. The molecule has 4 aliphatic carbocycles. The molecule has 0 radical (unpaired) electrons. The van der Waals surface area contributed by atoms with E-state index in [-0.39, 0.29) is 34.7 Å². The van der Waals surface area contributed by atoms with Gasteiger partial charge in [-0.2, -0.15) is 0 Å². The Hall–Kier alpha value is -1.49. The number of esters is 1. The minimum Gasteiger partial charge on any atom is -0.461 e. The molecule has 7 atom stereocenters. The quantitative estimate of drug-likeness (QED) is 0.564. The van der Waals surface area contributed by atoms with Crippen LogP contribution in [0.3, 0.4) is 0 Å². The van der Waals surface area contributed by atoms with Crippen LogP contribution in [0.2, 0.25) is 0 Å². The third-order valence-corrected chi connectivity index (χ3v) is 8.69. The second-order valence-electron chi connectivity index (χ2n) is 10.0. The molecule has 0 aliphatic heterocycles. The minimum absolute atomic E-state index is 0.00747. The van der Waals surface area contributed by atoms with Crippen molar-refractivity contribution in [2.24, 2.45) is 34.0 Å². The zero-order valence-corrected chi connectivity index (χ0v) is 16.7. The maximum atomic E-state index is 13.5. The van der Waals surface area contributed by atoms with E-state index in [1.54, 1.807) is 0 Å². The summed E-state index contributed by atoms with van der Waals surface area (Å²) in [5, 5.41) is 11.4. The van der Waals surface area contributed by atoms with Crippen LogP contribution in [-0.4, -0.2) is 34.9 Å². The van der Waals surface area contributed by atoms with E-state index in [0.29, 0.717) is 18.4 Å². The maximum absolute atomic E-state index is 13.5. The number of aliphatic hydroxyl groups excluding tert-OH is 1. The minimum atomic E-state index is -1.10. The lowest BCUT2D eigenvalue weighted by Crippen LogP contribution is -2.68. The molecule has 0 aromatic carbocycles. The highest BCUT2D eigenvalue weighted by atomic mass is 16.5. The van der Waals surface area contributed by atoms with Crippen molar-refractivity contribution in [1.82, 2.24) is 0 Å². The molecule has 5 heteroatoms. The van der Waals surface area contributed by atoms with Crippen LogP contribution in [-0.2, 0) is 19.1 Å². The van der Waals surface area contributed by atoms with Crippen LogP contribution in [0.5, 0.6) is 0 Å². The van der Waals surface area contributed by atoms with E-state index in [9.17, 15) is 19.5 Å². The van der Waals surface area contributed by atoms with Crippen molar-refractivity contribution >= 4 is 17.5 Å². The van der Waals surface area contributed by atoms with Gasteiger partial charge in [-0.15, -0.1) is 0 Å². The normalized spacial score (nSPS) is 48.0. The van der Waals surface area contributed by atoms with Gasteiger partial charge in [0.2, 0.25) is 0 Å². The standard InChI is InChI=1S/C22H30O5/c1-11-13-6-7-14-21(5)9-8-16(24)20(3,4)15(21)10-17(25)22(14,18(11)26)19(13)27-12(2)23/h13-15,17,19,25H,1,6-10H2,2-5H3/t13?,14-,15+,17?,19+,21-,22-/m0/s1. The first kappa shape index (κ1) is 18.9. The summed E-state index contributed by atoms with van der Waals surface area (Å²) in [5.74, 6) is -0.619. The van der Waals surface area contributed by atoms with Crippen molar-refractivity contribution in [1.29, 1.82) is 0 Å². The molecule has 27 heavy (non-hydrogen) atoms. The summed E-state index contributed by atoms with van der Waals surface area (Å²) in [5.41, 5.74) is -1.38. The predicted octanol–water partition coefficient (Wildman–Crippen LogP) is 2.85. The number of carbonyl (C=O) groups is 3. The lowest BCUT2D eigenvalue weighted by Gasteiger charge is -2.64. The Kier molecular flexibility index (Phi) is 3.86. The molecule has 1 N–H and O–H groups in total. The highest BCUT2D eigenvalue weighted by Gasteiger charge is 2.75. The third kappa shape index (κ3) is 2.07. The fourth-order valence-electron chi connectivity index (χ4n) is 7.46. The van der Waals surface area contributed by atoms with E-state index < -0.39 is 29.0 Å². The van der Waals surface area contributed by atoms with Gasteiger partial charge in [0, 0.05) is 24.7 Å². The molecule has 0 aromatic rings. The van der Waals surface area contributed by atoms with Gasteiger partial charge in [0.05, 0.1) is 11.5 Å². The average Bonchev–Trinajstić information content (AvgIpc) is 2.70. The topological polar surface area (TPSA) is 80.7 Å². The summed E-state index contributed by atoms with van der Waals surface area (Å²) in [6.45, 7) is 11.5. The molecule has 5 nitrogen and oxygen atoms in total. The van der Waals surface area contributed by atoms with Crippen molar-refractivity contribution < 1.29 is 24.2 Å². The first-order chi connectivity index (χ1) is 12.5. The van der Waals surface area contributed by atoms with E-state index in [4.69, 9.17) is 4.74 Å². The first-order valence-electron chi connectivity index (χ1n) is 10.1. The van der Waals surface area contributed by atoms with Gasteiger partial charge in [-0.05, 0) is 48.5 Å². The molecule has 2 bridgehead atoms. The monoisotopic (exact) mass is 374 g/mol. The van der Waals surface area contributed by atoms with Gasteiger partial charge in [-0.25, -0.2) is 0 Å². The van der Waals surface area contributed by atoms with Crippen LogP contribution in [0.25, 0.3) is 0 Å². The number of hydrogen-bond acceptors (Lipinski definition) is 5. The molecule has 0 aromatic heterocycles. The van der Waals surface area contributed by atoms with Crippen LogP contribution in [0.1, 0.15) is 59.8 Å². The molecule has 1 spiro atoms. The molecular weight excluding hydrogens is 344 g/mol. The first-order valence-corrected chi connectivity index (χ1v) is 10.1. The van der Waals surface area contributed by atoms with Crippen LogP contribution in [0.4, 0.5) is 0 Å². The molecule has 148 valence electrons. The largest absolute Gasteiger partial charge is 0.461 e. The second-order valence-corrected chi connectivity index (χ2v) is 10.0. The number of ether oxygens (including phenoxy) is 1. The number of rotatable bonds is 1. The number of carbonyl (C=O) groups excluding carboxylic acids is 3. The van der Waals surface area contributed by atoms with E-state index in [1.807, 2.05) is 13.8 Å². The van der Waals surface area contributed by atoms with Crippen molar-refractivity contribution in [3.8, 4) is 0 Å². The van der Waals surface area contributed by atoms with Gasteiger partial charge in [-0.3, -0.25) is 14.4 Å². The molecule has 4 aliphatic rings. The predicted molar refractivity (Wildman–Crippen MR) is 98.6 cm³/mol. The SMILES string of the molecule is C=C1C(=O)[C@@]23C(O)C[C@@H]4C(C)(C)C(=O)CC[C@@]4(C)[C@@H]2CCC1[C@H]3OC(C)=O. The zero-order valence-electron chi connectivity index (χ0n) is 16.7. The van der Waals surface area contributed by atoms with Crippen LogP contribution >= 0.6 is 0 Å². The van der Waals surface area contributed by atoms with Crippen molar-refractivity contribution in [2.75, 3.05) is 0 Å². The van der Waals surface area contributed by atoms with Gasteiger partial charge in [0.1, 0.15) is 11.9 Å². The van der Waals surface area contributed by atoms with Gasteiger partial charge in [0.25, 0.3) is 0 Å². The smallest absolute Gasteiger partial charge is 0.302 e. The lowest BCUT2D eigenvalue weighted by atomic mass is 9.39. The van der Waals surface area contributed by atoms with E-state index in [2.05, 4.69) is 13.5 Å². The zero-order chi connectivity index (χ0) is 19.9. The molecule has 4 rings (SSSR count). The van der Waals surface area contributed by atoms with Crippen molar-refractivity contribution in [2.45, 2.75) is 72.0 Å². The Bertz CT molecular complexity index is 752. The molecule has 2 unspecified atom stereocenters. The Morgan fingerprint density at radius 2 is 1.85 bits per heavy atom. The Labute approximate surface area is 160 Å². The average molecular weight is 374 g/mol. The van der Waals surface area contributed by atoms with Crippen molar-refractivity contribution in [3.63, 3.8) is 0 Å². The van der Waals surface area contributed by atoms with E-state index in [1.165, 1.54) is 6.92 Å². The van der Waals surface area contributed by atoms with E-state index >= 15 is 0 Å². The number of hydrogen-bond donors (Lipinski definition) is 1. The highest BCUT2D eigenvalue weighted by Crippen LogP contribution is 2.71. The summed E-state index contributed by atoms with van der Waals surface area (Å²) in [4.78, 5) is 37.9. The molecular formula is C22H30O5. The lowest BCUT2D eigenvalue weighted by molar-refractivity contribution is -0.229. The summed E-state index contributed by atoms with van der Waals surface area (Å²) in [6, 6.07) is 0. The molecule has 4 fully saturated rings. The van der Waals surface area contributed by atoms with E-state index in [0.717, 1.165) is 19.3 Å². The number of fused-ring (bicyclic) bond motifs is 3. The molecule has 0 heterocycles. The number of aliphatic hydroxyl groups is 1. The van der Waals surface area contributed by atoms with Gasteiger partial charge in [0.15, 0.2) is 5.78 Å². The van der Waals surface area contributed by atoms with Crippen LogP contribution in [0, 0.1) is 34.0 Å². The maximum Gasteiger partial charge on any atom is 0.302 e. The van der Waals surface area contributed by atoms with Gasteiger partial charge in [-0.1, -0.05) is 27.4 Å². The number of Topliss-reactive ketones (excluding diaryl/α,β-unsaturated/α-hetero) is 2. The summed E-state index contributed by atoms with van der Waals surface area (Å²) in [6.07, 6.45) is 1.57. The molecule has 0 amide bonds. The fraction of sp³-hybridized carbons (Fsp3) is 0.773. The fourth-order valence-corrected chi connectivity index (χ4v) is 7.46.